The number of nitro groups is 1. The Morgan fingerprint density at radius 1 is 1.38 bits per heavy atom. The third-order valence-electron chi connectivity index (χ3n) is 2.61. The molecule has 0 amide bonds. The fourth-order valence-electron chi connectivity index (χ4n) is 1.24. The van der Waals surface area contributed by atoms with Gasteiger partial charge in [0.25, 0.3) is 5.69 Å². The van der Waals surface area contributed by atoms with Crippen LogP contribution in [0.4, 0.5) is 11.4 Å². The second-order valence-electron chi connectivity index (χ2n) is 3.90. The highest BCUT2D eigenvalue weighted by atomic mass is 16.6. The monoisotopic (exact) mass is 224 g/mol. The molecule has 0 saturated heterocycles. The van der Waals surface area contributed by atoms with E-state index in [4.69, 9.17) is 5.11 Å². The molecule has 2 unspecified atom stereocenters. The van der Waals surface area contributed by atoms with Gasteiger partial charge >= 0.3 is 0 Å². The number of nitrogens with one attached hydrogen (secondary N) is 1. The van der Waals surface area contributed by atoms with E-state index in [0.717, 1.165) is 5.69 Å². The van der Waals surface area contributed by atoms with E-state index in [1.54, 1.807) is 12.1 Å². The van der Waals surface area contributed by atoms with Gasteiger partial charge in [-0.15, -0.1) is 0 Å². The molecule has 0 saturated carbocycles. The first-order chi connectivity index (χ1) is 7.54. The fourth-order valence-corrected chi connectivity index (χ4v) is 1.24. The van der Waals surface area contributed by atoms with Crippen LogP contribution in [-0.4, -0.2) is 22.7 Å². The second-order valence-corrected chi connectivity index (χ2v) is 3.90. The SMILES string of the molecule is CC(CO)C(C)Nc1ccc([N+](=O)[O-])cc1. The smallest absolute Gasteiger partial charge is 0.269 e. The highest BCUT2D eigenvalue weighted by Gasteiger charge is 2.11. The lowest BCUT2D eigenvalue weighted by atomic mass is 10.0. The standard InChI is InChI=1S/C11H16N2O3/c1-8(7-14)9(2)12-10-3-5-11(6-4-10)13(15)16/h3-6,8-9,12,14H,7H2,1-2H3. The Kier molecular flexibility index (Phi) is 4.25. The largest absolute Gasteiger partial charge is 0.396 e. The van der Waals surface area contributed by atoms with Crippen LogP contribution in [0.1, 0.15) is 13.8 Å². The lowest BCUT2D eigenvalue weighted by molar-refractivity contribution is -0.384. The summed E-state index contributed by atoms with van der Waals surface area (Å²) in [5.41, 5.74) is 0.895. The third kappa shape index (κ3) is 3.20. The summed E-state index contributed by atoms with van der Waals surface area (Å²) in [6.07, 6.45) is 0. The van der Waals surface area contributed by atoms with E-state index in [-0.39, 0.29) is 24.3 Å². The minimum absolute atomic E-state index is 0.0772. The zero-order valence-electron chi connectivity index (χ0n) is 9.38. The van der Waals surface area contributed by atoms with E-state index < -0.39 is 4.92 Å². The summed E-state index contributed by atoms with van der Waals surface area (Å²) < 4.78 is 0. The van der Waals surface area contributed by atoms with Gasteiger partial charge in [0.1, 0.15) is 0 Å². The Morgan fingerprint density at radius 2 is 1.94 bits per heavy atom. The first-order valence-corrected chi connectivity index (χ1v) is 5.16. The summed E-state index contributed by atoms with van der Waals surface area (Å²) in [6.45, 7) is 4.01. The Labute approximate surface area is 94.3 Å². The van der Waals surface area contributed by atoms with Crippen molar-refractivity contribution in [3.8, 4) is 0 Å². The molecular weight excluding hydrogens is 208 g/mol. The molecule has 0 aliphatic heterocycles. The average Bonchev–Trinajstić information content (AvgIpc) is 2.28. The van der Waals surface area contributed by atoms with Crippen LogP contribution in [0, 0.1) is 16.0 Å². The van der Waals surface area contributed by atoms with Crippen molar-refractivity contribution in [2.75, 3.05) is 11.9 Å². The van der Waals surface area contributed by atoms with Crippen LogP contribution in [0.5, 0.6) is 0 Å². The number of non-ortho nitro benzene ring substituents is 1. The fraction of sp³-hybridized carbons (Fsp3) is 0.455. The first kappa shape index (κ1) is 12.4. The molecular formula is C11H16N2O3. The van der Waals surface area contributed by atoms with E-state index in [0.29, 0.717) is 0 Å². The zero-order valence-corrected chi connectivity index (χ0v) is 9.38. The third-order valence-corrected chi connectivity index (χ3v) is 2.61. The van der Waals surface area contributed by atoms with Crippen molar-refractivity contribution < 1.29 is 10.0 Å². The van der Waals surface area contributed by atoms with Crippen molar-refractivity contribution in [2.45, 2.75) is 19.9 Å². The van der Waals surface area contributed by atoms with Gasteiger partial charge < -0.3 is 10.4 Å². The molecule has 88 valence electrons. The van der Waals surface area contributed by atoms with Gasteiger partial charge in [0, 0.05) is 30.5 Å². The van der Waals surface area contributed by atoms with Crippen molar-refractivity contribution in [1.82, 2.24) is 0 Å². The number of aliphatic hydroxyl groups is 1. The van der Waals surface area contributed by atoms with Crippen molar-refractivity contribution in [2.24, 2.45) is 5.92 Å². The predicted octanol–water partition coefficient (Wildman–Crippen LogP) is 2.02. The average molecular weight is 224 g/mol. The summed E-state index contributed by atoms with van der Waals surface area (Å²) in [4.78, 5) is 10.0. The second kappa shape index (κ2) is 5.46. The number of benzene rings is 1. The zero-order chi connectivity index (χ0) is 12.1. The normalized spacial score (nSPS) is 14.2. The molecule has 5 nitrogen and oxygen atoms in total. The number of hydrogen-bond acceptors (Lipinski definition) is 4. The lowest BCUT2D eigenvalue weighted by Gasteiger charge is -2.20. The van der Waals surface area contributed by atoms with E-state index in [2.05, 4.69) is 5.32 Å². The molecule has 0 spiro atoms. The topological polar surface area (TPSA) is 75.4 Å². The van der Waals surface area contributed by atoms with Gasteiger partial charge in [0.2, 0.25) is 0 Å². The highest BCUT2D eigenvalue weighted by molar-refractivity contribution is 5.49. The number of hydrogen-bond donors (Lipinski definition) is 2. The number of nitrogens with zero attached hydrogens (tertiary/aromatic N) is 1. The number of anilines is 1. The molecule has 1 aromatic carbocycles. The van der Waals surface area contributed by atoms with Crippen LogP contribution < -0.4 is 5.32 Å². The van der Waals surface area contributed by atoms with Crippen molar-refractivity contribution >= 4 is 11.4 Å². The van der Waals surface area contributed by atoms with Crippen LogP contribution in [0.2, 0.25) is 0 Å². The van der Waals surface area contributed by atoms with Crippen LogP contribution in [-0.2, 0) is 0 Å². The Morgan fingerprint density at radius 3 is 2.38 bits per heavy atom. The van der Waals surface area contributed by atoms with Gasteiger partial charge in [-0.3, -0.25) is 10.1 Å². The number of nitro benzene ring substituents is 1. The van der Waals surface area contributed by atoms with Gasteiger partial charge in [-0.25, -0.2) is 0 Å². The van der Waals surface area contributed by atoms with Crippen molar-refractivity contribution in [3.63, 3.8) is 0 Å². The Hall–Kier alpha value is -1.62. The maximum Gasteiger partial charge on any atom is 0.269 e. The quantitative estimate of drug-likeness (QED) is 0.592. The molecule has 16 heavy (non-hydrogen) atoms. The molecule has 0 radical (unpaired) electrons. The predicted molar refractivity (Wildman–Crippen MR) is 62.4 cm³/mol. The van der Waals surface area contributed by atoms with Crippen LogP contribution in [0.25, 0.3) is 0 Å². The highest BCUT2D eigenvalue weighted by Crippen LogP contribution is 2.17. The Bertz CT molecular complexity index is 351. The van der Waals surface area contributed by atoms with Crippen LogP contribution in [0.3, 0.4) is 0 Å². The summed E-state index contributed by atoms with van der Waals surface area (Å²) >= 11 is 0. The van der Waals surface area contributed by atoms with Gasteiger partial charge in [-0.05, 0) is 25.0 Å². The number of aliphatic hydroxyl groups excluding tert-OH is 1. The molecule has 5 heteroatoms. The molecule has 1 aromatic rings. The maximum absolute atomic E-state index is 10.4. The maximum atomic E-state index is 10.4. The molecule has 0 aromatic heterocycles. The molecule has 0 bridgehead atoms. The van der Waals surface area contributed by atoms with E-state index >= 15 is 0 Å². The van der Waals surface area contributed by atoms with Crippen molar-refractivity contribution in [3.05, 3.63) is 34.4 Å². The summed E-state index contributed by atoms with van der Waals surface area (Å²) in [6, 6.07) is 6.36. The molecule has 0 fully saturated rings. The Balaban J connectivity index is 2.65. The van der Waals surface area contributed by atoms with Gasteiger partial charge in [-0.2, -0.15) is 0 Å². The summed E-state index contributed by atoms with van der Waals surface area (Å²) in [5.74, 6) is 0.134. The van der Waals surface area contributed by atoms with Gasteiger partial charge in [0.15, 0.2) is 0 Å². The van der Waals surface area contributed by atoms with Gasteiger partial charge in [0.05, 0.1) is 4.92 Å². The molecule has 0 aliphatic carbocycles. The first-order valence-electron chi connectivity index (χ1n) is 5.16. The summed E-state index contributed by atoms with van der Waals surface area (Å²) in [7, 11) is 0. The lowest BCUT2D eigenvalue weighted by Crippen LogP contribution is -2.26. The van der Waals surface area contributed by atoms with E-state index in [9.17, 15) is 10.1 Å². The van der Waals surface area contributed by atoms with Crippen molar-refractivity contribution in [1.29, 1.82) is 0 Å². The van der Waals surface area contributed by atoms with Crippen LogP contribution >= 0.6 is 0 Å². The minimum Gasteiger partial charge on any atom is -0.396 e. The molecule has 2 N–H and O–H groups in total. The van der Waals surface area contributed by atoms with E-state index in [1.807, 2.05) is 13.8 Å². The number of rotatable bonds is 5. The summed E-state index contributed by atoms with van der Waals surface area (Å²) in [5, 5.41) is 22.6. The molecule has 0 heterocycles. The molecule has 2 atom stereocenters. The van der Waals surface area contributed by atoms with Crippen LogP contribution in [0.15, 0.2) is 24.3 Å². The molecule has 1 rings (SSSR count). The van der Waals surface area contributed by atoms with Gasteiger partial charge in [-0.1, -0.05) is 6.92 Å². The molecule has 0 aliphatic rings. The minimum atomic E-state index is -0.427. The van der Waals surface area contributed by atoms with E-state index in [1.165, 1.54) is 12.1 Å².